The third-order valence-corrected chi connectivity index (χ3v) is 9.35. The summed E-state index contributed by atoms with van der Waals surface area (Å²) in [6, 6.07) is 33.1. The molecule has 3 aromatic rings. The summed E-state index contributed by atoms with van der Waals surface area (Å²) in [7, 11) is -11.2. The molecule has 0 atom stereocenters. The minimum Gasteiger partial charge on any atom is -0.303 e. The summed E-state index contributed by atoms with van der Waals surface area (Å²) in [6.07, 6.45) is 1.17. The van der Waals surface area contributed by atoms with Crippen LogP contribution in [0.1, 0.15) is 6.92 Å². The predicted octanol–water partition coefficient (Wildman–Crippen LogP) is 1.88. The molecule has 0 aliphatic rings. The maximum Gasteiger partial charge on any atom is 0.466 e. The zero-order chi connectivity index (χ0) is 23.5. The van der Waals surface area contributed by atoms with Crippen molar-refractivity contribution in [3.63, 3.8) is 0 Å². The number of phosphoric acid groups is 2. The number of hydrogen-bond donors (Lipinski definition) is 6. The van der Waals surface area contributed by atoms with E-state index in [1.54, 1.807) is 0 Å². The van der Waals surface area contributed by atoms with Crippen molar-refractivity contribution < 1.29 is 38.5 Å². The second-order valence-corrected chi connectivity index (χ2v) is 12.7. The first kappa shape index (κ1) is 27.3. The number of hydrogen-bond acceptors (Lipinski definition) is 2. The summed E-state index contributed by atoms with van der Waals surface area (Å²) in [5, 5.41) is 4.47. The Bertz CT molecular complexity index is 856. The van der Waals surface area contributed by atoms with E-state index in [-0.39, 0.29) is 0 Å². The van der Waals surface area contributed by atoms with Crippen LogP contribution in [0.25, 0.3) is 0 Å². The first-order valence-electron chi connectivity index (χ1n) is 9.11. The molecule has 8 nitrogen and oxygen atoms in total. The average Bonchev–Trinajstić information content (AvgIpc) is 2.69. The maximum absolute atomic E-state index is 8.88. The fourth-order valence-electron chi connectivity index (χ4n) is 3.28. The number of benzene rings is 3. The quantitative estimate of drug-likeness (QED) is 0.304. The van der Waals surface area contributed by atoms with Crippen molar-refractivity contribution in [3.8, 4) is 0 Å². The Hall–Kier alpha value is -1.69. The Kier molecular flexibility index (Phi) is 10.9. The molecule has 0 saturated heterocycles. The van der Waals surface area contributed by atoms with Gasteiger partial charge in [0.1, 0.15) is 0 Å². The van der Waals surface area contributed by atoms with Crippen molar-refractivity contribution in [2.75, 3.05) is 6.16 Å². The molecule has 0 fully saturated rings. The summed E-state index contributed by atoms with van der Waals surface area (Å²) >= 11 is 0. The van der Waals surface area contributed by atoms with Crippen LogP contribution in [-0.2, 0) is 9.13 Å². The van der Waals surface area contributed by atoms with Gasteiger partial charge in [-0.2, -0.15) is 0 Å². The van der Waals surface area contributed by atoms with E-state index in [9.17, 15) is 0 Å². The van der Waals surface area contributed by atoms with Crippen molar-refractivity contribution in [2.45, 2.75) is 6.92 Å². The van der Waals surface area contributed by atoms with Crippen LogP contribution < -0.4 is 15.9 Å². The molecular weight excluding hydrogens is 461 g/mol. The van der Waals surface area contributed by atoms with Crippen LogP contribution in [0.15, 0.2) is 91.0 Å². The molecule has 0 radical (unpaired) electrons. The molecule has 0 bridgehead atoms. The van der Waals surface area contributed by atoms with Crippen LogP contribution in [0.5, 0.6) is 0 Å². The van der Waals surface area contributed by atoms with Crippen molar-refractivity contribution in [1.82, 2.24) is 0 Å². The third kappa shape index (κ3) is 10.4. The van der Waals surface area contributed by atoms with E-state index >= 15 is 0 Å². The SMILES string of the molecule is CC[PH](c1ccccc1)(c1ccccc1)c1ccccc1.O=P(O)(O)O.O=P(O)(O)O. The molecule has 0 saturated carbocycles. The van der Waals surface area contributed by atoms with E-state index < -0.39 is 22.9 Å². The van der Waals surface area contributed by atoms with Gasteiger partial charge in [-0.3, -0.25) is 0 Å². The van der Waals surface area contributed by atoms with Gasteiger partial charge in [-0.1, -0.05) is 0 Å². The Morgan fingerprint density at radius 3 is 0.903 bits per heavy atom. The van der Waals surface area contributed by atoms with Gasteiger partial charge in [0.25, 0.3) is 0 Å². The van der Waals surface area contributed by atoms with E-state index in [1.807, 2.05) is 0 Å². The third-order valence-electron chi connectivity index (χ3n) is 4.33. The second kappa shape index (κ2) is 12.4. The standard InChI is InChI=1S/C20H21P.2H3O4P/c1-2-21(18-12-6-3-7-13-18,19-14-8-4-9-15-19)20-16-10-5-11-17-20;2*1-5(2,3)4/h3-17,21H,2H2,1H3;2*(H3,1,2,3,4). The van der Waals surface area contributed by atoms with Crippen LogP contribution in [0.4, 0.5) is 0 Å². The monoisotopic (exact) mass is 488 g/mol. The van der Waals surface area contributed by atoms with Crippen molar-refractivity contribution in [1.29, 1.82) is 0 Å². The van der Waals surface area contributed by atoms with Gasteiger partial charge in [-0.05, 0) is 0 Å². The summed E-state index contributed by atoms with van der Waals surface area (Å²) in [5.74, 6) is 0. The number of rotatable bonds is 4. The molecule has 0 heterocycles. The first-order chi connectivity index (χ1) is 14.4. The minimum atomic E-state index is -4.64. The van der Waals surface area contributed by atoms with E-state index in [0.29, 0.717) is 0 Å². The van der Waals surface area contributed by atoms with Crippen molar-refractivity contribution in [3.05, 3.63) is 91.0 Å². The average molecular weight is 488 g/mol. The molecule has 11 heteroatoms. The molecule has 0 unspecified atom stereocenters. The zero-order valence-corrected chi connectivity index (χ0v) is 19.6. The molecule has 0 aliphatic carbocycles. The van der Waals surface area contributed by atoms with E-state index in [0.717, 1.165) is 0 Å². The summed E-state index contributed by atoms with van der Waals surface area (Å²) in [4.78, 5) is 43.1. The van der Waals surface area contributed by atoms with Gasteiger partial charge in [-0.25, -0.2) is 9.13 Å². The van der Waals surface area contributed by atoms with Gasteiger partial charge in [0.2, 0.25) is 0 Å². The fourth-order valence-corrected chi connectivity index (χ4v) is 7.79. The Balaban J connectivity index is 0.000000404. The topological polar surface area (TPSA) is 156 Å². The van der Waals surface area contributed by atoms with Crippen LogP contribution in [-0.4, -0.2) is 35.5 Å². The molecule has 0 spiro atoms. The van der Waals surface area contributed by atoms with E-state index in [2.05, 4.69) is 97.9 Å². The van der Waals surface area contributed by atoms with Gasteiger partial charge in [0.15, 0.2) is 0 Å². The molecule has 3 rings (SSSR count). The Morgan fingerprint density at radius 2 is 0.742 bits per heavy atom. The van der Waals surface area contributed by atoms with E-state index in [1.165, 1.54) is 22.1 Å². The van der Waals surface area contributed by atoms with Crippen LogP contribution in [0, 0.1) is 0 Å². The molecule has 3 aromatic carbocycles. The van der Waals surface area contributed by atoms with Gasteiger partial charge in [0, 0.05) is 0 Å². The van der Waals surface area contributed by atoms with Gasteiger partial charge < -0.3 is 29.4 Å². The van der Waals surface area contributed by atoms with Gasteiger partial charge >= 0.3 is 143 Å². The summed E-state index contributed by atoms with van der Waals surface area (Å²) in [6.45, 7) is 2.33. The van der Waals surface area contributed by atoms with E-state index in [4.69, 9.17) is 38.5 Å². The van der Waals surface area contributed by atoms with Crippen molar-refractivity contribution in [2.24, 2.45) is 0 Å². The summed E-state index contributed by atoms with van der Waals surface area (Å²) < 4.78 is 17.8. The molecule has 170 valence electrons. The normalized spacial score (nSPS) is 12.0. The Labute approximate surface area is 181 Å². The van der Waals surface area contributed by atoms with Gasteiger partial charge in [-0.15, -0.1) is 0 Å². The smallest absolute Gasteiger partial charge is 0.303 e. The minimum absolute atomic E-state index is 1.17. The maximum atomic E-state index is 8.88. The molecule has 0 amide bonds. The van der Waals surface area contributed by atoms with Crippen LogP contribution in [0.3, 0.4) is 0 Å². The van der Waals surface area contributed by atoms with Crippen LogP contribution >= 0.6 is 22.9 Å². The molecule has 0 aliphatic heterocycles. The Morgan fingerprint density at radius 1 is 0.548 bits per heavy atom. The molecule has 0 aromatic heterocycles. The second-order valence-electron chi connectivity index (χ2n) is 6.38. The fraction of sp³-hybridized carbons (Fsp3) is 0.100. The largest absolute Gasteiger partial charge is 0.466 e. The summed E-state index contributed by atoms with van der Waals surface area (Å²) in [5.41, 5.74) is 0. The first-order valence-corrected chi connectivity index (χ1v) is 14.4. The zero-order valence-electron chi connectivity index (χ0n) is 16.8. The molecule has 6 N–H and O–H groups in total. The predicted molar refractivity (Wildman–Crippen MR) is 126 cm³/mol. The van der Waals surface area contributed by atoms with Gasteiger partial charge in [0.05, 0.1) is 0 Å². The molecular formula is C20H27O8P3. The van der Waals surface area contributed by atoms with Crippen molar-refractivity contribution >= 4 is 38.8 Å². The van der Waals surface area contributed by atoms with Crippen LogP contribution in [0.2, 0.25) is 0 Å². The molecule has 31 heavy (non-hydrogen) atoms.